The molecule has 4 rings (SSSR count). The molecule has 0 radical (unpaired) electrons. The van der Waals surface area contributed by atoms with Gasteiger partial charge in [0, 0.05) is 34.9 Å². The van der Waals surface area contributed by atoms with E-state index >= 15 is 0 Å². The van der Waals surface area contributed by atoms with E-state index in [0.717, 1.165) is 5.56 Å². The number of aromatic nitrogens is 1. The quantitative estimate of drug-likeness (QED) is 0.243. The molecule has 0 aliphatic rings. The number of aromatic amines is 1. The van der Waals surface area contributed by atoms with E-state index in [1.165, 1.54) is 29.0 Å². The average molecular weight is 541 g/mol. The number of nitrogens with one attached hydrogen (secondary N) is 1. The Hall–Kier alpha value is -3.67. The van der Waals surface area contributed by atoms with Gasteiger partial charge in [0.05, 0.1) is 41.6 Å². The van der Waals surface area contributed by atoms with Gasteiger partial charge in [-0.25, -0.2) is 18.2 Å². The third kappa shape index (κ3) is 5.85. The summed E-state index contributed by atoms with van der Waals surface area (Å²) in [7, 11) is 1.63. The lowest BCUT2D eigenvalue weighted by molar-refractivity contribution is 0.0601. The number of fused-ring (bicyclic) bond motifs is 1. The molecule has 194 valence electrons. The number of ether oxygens (including phenoxy) is 1. The summed E-state index contributed by atoms with van der Waals surface area (Å²) in [5.74, 6) is -0.552. The standard InChI is InChI=1S/C26H28N4O5S2/c1-29(2)12-13-30(37(4,33)34)20-8-6-19(7-9-20)27-24(18-11-14-36-16-18)23-21-10-5-17(26(32)35-3)15-22(21)28-25(23)31/h5-11,14-16,28,31H,12-13H2,1-4H3. The number of benzene rings is 2. The van der Waals surface area contributed by atoms with Crippen LogP contribution in [0.5, 0.6) is 5.88 Å². The van der Waals surface area contributed by atoms with Crippen molar-refractivity contribution in [3.05, 3.63) is 76.0 Å². The van der Waals surface area contributed by atoms with Gasteiger partial charge in [-0.05, 0) is 61.9 Å². The second kappa shape index (κ2) is 10.8. The minimum Gasteiger partial charge on any atom is -0.494 e. The van der Waals surface area contributed by atoms with Crippen molar-refractivity contribution in [3.8, 4) is 5.88 Å². The summed E-state index contributed by atoms with van der Waals surface area (Å²) in [6.45, 7) is 0.901. The number of aromatic hydroxyl groups is 1. The first-order valence-corrected chi connectivity index (χ1v) is 14.1. The first-order chi connectivity index (χ1) is 17.6. The lowest BCUT2D eigenvalue weighted by Gasteiger charge is -2.24. The normalized spacial score (nSPS) is 12.3. The van der Waals surface area contributed by atoms with Crippen LogP contribution in [0.25, 0.3) is 10.9 Å². The number of H-pyrrole nitrogens is 1. The zero-order valence-electron chi connectivity index (χ0n) is 20.9. The van der Waals surface area contributed by atoms with Gasteiger partial charge in [0.2, 0.25) is 10.0 Å². The first kappa shape index (κ1) is 26.4. The van der Waals surface area contributed by atoms with E-state index < -0.39 is 16.0 Å². The largest absolute Gasteiger partial charge is 0.494 e. The molecule has 0 unspecified atom stereocenters. The molecule has 0 bridgehead atoms. The van der Waals surface area contributed by atoms with E-state index in [1.807, 2.05) is 35.8 Å². The fourth-order valence-electron chi connectivity index (χ4n) is 3.93. The minimum atomic E-state index is -3.46. The van der Waals surface area contributed by atoms with Gasteiger partial charge in [-0.1, -0.05) is 6.07 Å². The van der Waals surface area contributed by atoms with Crippen molar-refractivity contribution in [2.45, 2.75) is 0 Å². The Labute approximate surface area is 219 Å². The average Bonchev–Trinajstić information content (AvgIpc) is 3.49. The molecule has 2 aromatic carbocycles. The molecule has 37 heavy (non-hydrogen) atoms. The van der Waals surface area contributed by atoms with Gasteiger partial charge in [-0.3, -0.25) is 4.31 Å². The van der Waals surface area contributed by atoms with E-state index in [0.29, 0.717) is 52.2 Å². The summed E-state index contributed by atoms with van der Waals surface area (Å²) in [6.07, 6.45) is 1.19. The highest BCUT2D eigenvalue weighted by Crippen LogP contribution is 2.33. The maximum absolute atomic E-state index is 12.4. The van der Waals surface area contributed by atoms with Crippen molar-refractivity contribution < 1.29 is 23.1 Å². The number of likely N-dealkylation sites (N-methyl/N-ethyl adjacent to an activating group) is 1. The second-order valence-corrected chi connectivity index (χ2v) is 11.4. The number of sulfonamides is 1. The molecule has 0 aliphatic heterocycles. The number of methoxy groups -OCH3 is 1. The highest BCUT2D eigenvalue weighted by atomic mass is 32.2. The summed E-state index contributed by atoms with van der Waals surface area (Å²) in [6, 6.07) is 13.8. The number of rotatable bonds is 9. The Morgan fingerprint density at radius 1 is 1.08 bits per heavy atom. The van der Waals surface area contributed by atoms with Crippen molar-refractivity contribution in [2.24, 2.45) is 4.99 Å². The predicted molar refractivity (Wildman–Crippen MR) is 148 cm³/mol. The molecule has 0 spiro atoms. The van der Waals surface area contributed by atoms with Crippen molar-refractivity contribution in [2.75, 3.05) is 44.9 Å². The molecular weight excluding hydrogens is 512 g/mol. The van der Waals surface area contributed by atoms with Crippen LogP contribution in [-0.2, 0) is 14.8 Å². The van der Waals surface area contributed by atoms with Gasteiger partial charge in [-0.2, -0.15) is 11.3 Å². The molecule has 2 heterocycles. The van der Waals surface area contributed by atoms with Crippen LogP contribution in [0.2, 0.25) is 0 Å². The van der Waals surface area contributed by atoms with Crippen LogP contribution in [0.3, 0.4) is 0 Å². The molecule has 0 saturated heterocycles. The molecular formula is C26H28N4O5S2. The lowest BCUT2D eigenvalue weighted by Crippen LogP contribution is -2.35. The molecule has 2 aromatic heterocycles. The fraction of sp³-hybridized carbons (Fsp3) is 0.231. The van der Waals surface area contributed by atoms with Crippen molar-refractivity contribution in [1.82, 2.24) is 9.88 Å². The van der Waals surface area contributed by atoms with Crippen LogP contribution in [0.15, 0.2) is 64.3 Å². The molecule has 0 aliphatic carbocycles. The van der Waals surface area contributed by atoms with Crippen LogP contribution in [-0.4, -0.2) is 75.6 Å². The smallest absolute Gasteiger partial charge is 0.337 e. The van der Waals surface area contributed by atoms with Crippen LogP contribution >= 0.6 is 11.3 Å². The van der Waals surface area contributed by atoms with E-state index in [1.54, 1.807) is 42.5 Å². The summed E-state index contributed by atoms with van der Waals surface area (Å²) in [5.41, 5.74) is 3.91. The second-order valence-electron chi connectivity index (χ2n) is 8.73. The third-order valence-electron chi connectivity index (χ3n) is 5.76. The highest BCUT2D eigenvalue weighted by molar-refractivity contribution is 7.92. The SMILES string of the molecule is COC(=O)c1ccc2c(C(=Nc3ccc(N(CCN(C)C)S(C)(=O)=O)cc3)c3ccsc3)c(O)[nH]c2c1. The molecule has 2 N–H and O–H groups in total. The molecule has 4 aromatic rings. The summed E-state index contributed by atoms with van der Waals surface area (Å²) in [4.78, 5) is 21.7. The Bertz CT molecular complexity index is 1540. The Balaban J connectivity index is 1.77. The maximum atomic E-state index is 12.4. The minimum absolute atomic E-state index is 0.0782. The summed E-state index contributed by atoms with van der Waals surface area (Å²) < 4.78 is 30.9. The Morgan fingerprint density at radius 2 is 1.81 bits per heavy atom. The number of anilines is 1. The Kier molecular flexibility index (Phi) is 7.67. The first-order valence-electron chi connectivity index (χ1n) is 11.4. The molecule has 0 fully saturated rings. The number of aliphatic imine (C=N–C) groups is 1. The number of hydrogen-bond donors (Lipinski definition) is 2. The van der Waals surface area contributed by atoms with E-state index in [2.05, 4.69) is 4.98 Å². The van der Waals surface area contributed by atoms with Crippen LogP contribution in [0, 0.1) is 0 Å². The van der Waals surface area contributed by atoms with Crippen LogP contribution < -0.4 is 4.31 Å². The fourth-order valence-corrected chi connectivity index (χ4v) is 5.49. The molecule has 0 amide bonds. The maximum Gasteiger partial charge on any atom is 0.337 e. The van der Waals surface area contributed by atoms with Gasteiger partial charge >= 0.3 is 5.97 Å². The number of thiophene rings is 1. The zero-order chi connectivity index (χ0) is 26.7. The van der Waals surface area contributed by atoms with Gasteiger partial charge < -0.3 is 19.7 Å². The molecule has 0 saturated carbocycles. The molecule has 11 heteroatoms. The predicted octanol–water partition coefficient (Wildman–Crippen LogP) is 4.22. The van der Waals surface area contributed by atoms with Gasteiger partial charge in [0.15, 0.2) is 5.88 Å². The molecule has 0 atom stereocenters. The van der Waals surface area contributed by atoms with E-state index in [4.69, 9.17) is 9.73 Å². The number of carbonyl (C=O) groups excluding carboxylic acids is 1. The van der Waals surface area contributed by atoms with Gasteiger partial charge in [-0.15, -0.1) is 0 Å². The topological polar surface area (TPSA) is 115 Å². The summed E-state index contributed by atoms with van der Waals surface area (Å²) >= 11 is 1.50. The van der Waals surface area contributed by atoms with Crippen molar-refractivity contribution in [1.29, 1.82) is 0 Å². The van der Waals surface area contributed by atoms with Crippen molar-refractivity contribution in [3.63, 3.8) is 0 Å². The van der Waals surface area contributed by atoms with Gasteiger partial charge in [0.1, 0.15) is 0 Å². The number of esters is 1. The molecule has 9 nitrogen and oxygen atoms in total. The monoisotopic (exact) mass is 540 g/mol. The number of hydrogen-bond acceptors (Lipinski definition) is 8. The Morgan fingerprint density at radius 3 is 2.41 bits per heavy atom. The summed E-state index contributed by atoms with van der Waals surface area (Å²) in [5, 5.41) is 15.4. The van der Waals surface area contributed by atoms with Crippen LogP contribution in [0.4, 0.5) is 11.4 Å². The van der Waals surface area contributed by atoms with Gasteiger partial charge in [0.25, 0.3) is 0 Å². The zero-order valence-corrected chi connectivity index (χ0v) is 22.6. The van der Waals surface area contributed by atoms with Crippen molar-refractivity contribution >= 4 is 55.3 Å². The number of nitrogens with zero attached hydrogens (tertiary/aromatic N) is 3. The van der Waals surface area contributed by atoms with E-state index in [9.17, 15) is 18.3 Å². The third-order valence-corrected chi connectivity index (χ3v) is 7.64. The van der Waals surface area contributed by atoms with E-state index in [-0.39, 0.29) is 5.88 Å². The highest BCUT2D eigenvalue weighted by Gasteiger charge is 2.21. The lowest BCUT2D eigenvalue weighted by atomic mass is 10.0. The van der Waals surface area contributed by atoms with Crippen LogP contribution in [0.1, 0.15) is 21.5 Å². The number of carbonyl (C=O) groups is 1.